The van der Waals surface area contributed by atoms with Gasteiger partial charge in [-0.25, -0.2) is 13.2 Å². The van der Waals surface area contributed by atoms with Gasteiger partial charge in [-0.1, -0.05) is 15.9 Å². The quantitative estimate of drug-likeness (QED) is 0.207. The Labute approximate surface area is 205 Å². The van der Waals surface area contributed by atoms with Gasteiger partial charge in [0.2, 0.25) is 0 Å². The molecule has 0 aliphatic heterocycles. The van der Waals surface area contributed by atoms with Crippen LogP contribution in [0.4, 0.5) is 5.69 Å². The molecule has 31 heavy (non-hydrogen) atoms. The number of anilines is 1. The van der Waals surface area contributed by atoms with Crippen LogP contribution in [-0.2, 0) is 10.0 Å². The minimum atomic E-state index is -3.74. The highest BCUT2D eigenvalue weighted by atomic mass is 79.9. The molecule has 1 N–H and O–H groups in total. The highest BCUT2D eigenvalue weighted by Crippen LogP contribution is 2.29. The average Bonchev–Trinajstić information content (AvgIpc) is 3.15. The van der Waals surface area contributed by atoms with Crippen molar-refractivity contribution in [2.24, 2.45) is 0 Å². The molecule has 2 aromatic heterocycles. The van der Waals surface area contributed by atoms with E-state index in [1.54, 1.807) is 18.2 Å². The van der Waals surface area contributed by atoms with Gasteiger partial charge in [0.15, 0.2) is 11.4 Å². The number of halogens is 3. The average molecular weight is 648 g/mol. The number of carbonyl (C=O) groups is 1. The molecule has 11 heteroatoms. The van der Waals surface area contributed by atoms with Gasteiger partial charge >= 0.3 is 5.63 Å². The number of carbonyl (C=O) groups excluding carboxylic acids is 1. The van der Waals surface area contributed by atoms with Crippen molar-refractivity contribution in [2.45, 2.75) is 4.21 Å². The Bertz CT molecular complexity index is 1490. The maximum absolute atomic E-state index is 12.9. The number of hydrogen-bond donors (Lipinski definition) is 1. The predicted molar refractivity (Wildman–Crippen MR) is 131 cm³/mol. The third-order valence-electron chi connectivity index (χ3n) is 4.21. The highest BCUT2D eigenvalue weighted by Gasteiger charge is 2.19. The monoisotopic (exact) mass is 645 g/mol. The lowest BCUT2D eigenvalue weighted by Gasteiger charge is -2.07. The van der Waals surface area contributed by atoms with Crippen LogP contribution in [0.15, 0.2) is 80.8 Å². The van der Waals surface area contributed by atoms with Crippen LogP contribution in [0.5, 0.6) is 0 Å². The van der Waals surface area contributed by atoms with Crippen LogP contribution in [0.2, 0.25) is 0 Å². The van der Waals surface area contributed by atoms with E-state index in [-0.39, 0.29) is 15.3 Å². The molecule has 2 heterocycles. The predicted octanol–water partition coefficient (Wildman–Crippen LogP) is 6.17. The smallest absolute Gasteiger partial charge is 0.347 e. The lowest BCUT2D eigenvalue weighted by atomic mass is 10.0. The van der Waals surface area contributed by atoms with E-state index >= 15 is 0 Å². The van der Waals surface area contributed by atoms with E-state index in [1.165, 1.54) is 36.4 Å². The number of ketones is 1. The molecule has 0 unspecified atom stereocenters. The Morgan fingerprint density at radius 3 is 2.32 bits per heavy atom. The SMILES string of the molecule is O=C(c1ccc(NS(=O)(=O)c2ccc(Br)s2)cc1)c1cc2cc(Br)cc(Br)c2oc1=O. The molecule has 0 atom stereocenters. The van der Waals surface area contributed by atoms with Crippen LogP contribution in [-0.4, -0.2) is 14.2 Å². The summed E-state index contributed by atoms with van der Waals surface area (Å²) in [5, 5.41) is 0.579. The first-order valence-corrected chi connectivity index (χ1v) is 13.2. The molecule has 0 radical (unpaired) electrons. The zero-order chi connectivity index (χ0) is 22.3. The van der Waals surface area contributed by atoms with E-state index in [1.807, 2.05) is 0 Å². The van der Waals surface area contributed by atoms with Crippen molar-refractivity contribution in [1.82, 2.24) is 0 Å². The van der Waals surface area contributed by atoms with Gasteiger partial charge in [-0.2, -0.15) is 0 Å². The van der Waals surface area contributed by atoms with E-state index in [2.05, 4.69) is 52.5 Å². The third kappa shape index (κ3) is 4.70. The molecule has 0 aliphatic carbocycles. The summed E-state index contributed by atoms with van der Waals surface area (Å²) in [6.07, 6.45) is 0. The Hall–Kier alpha value is -1.79. The van der Waals surface area contributed by atoms with Crippen molar-refractivity contribution in [3.05, 3.63) is 88.9 Å². The highest BCUT2D eigenvalue weighted by molar-refractivity contribution is 9.11. The van der Waals surface area contributed by atoms with Gasteiger partial charge in [-0.3, -0.25) is 9.52 Å². The van der Waals surface area contributed by atoms with E-state index < -0.39 is 21.4 Å². The zero-order valence-corrected chi connectivity index (χ0v) is 21.6. The minimum Gasteiger partial charge on any atom is -0.421 e. The second-order valence-electron chi connectivity index (χ2n) is 6.32. The molecule has 0 aliphatic rings. The number of rotatable bonds is 5. The molecule has 2 aromatic carbocycles. The van der Waals surface area contributed by atoms with E-state index in [0.29, 0.717) is 24.9 Å². The van der Waals surface area contributed by atoms with Crippen LogP contribution < -0.4 is 10.3 Å². The Balaban J connectivity index is 1.63. The van der Waals surface area contributed by atoms with Gasteiger partial charge < -0.3 is 4.42 Å². The molecule has 0 bridgehead atoms. The summed E-state index contributed by atoms with van der Waals surface area (Å²) < 4.78 is 34.8. The second kappa shape index (κ2) is 8.62. The van der Waals surface area contributed by atoms with Crippen molar-refractivity contribution in [1.29, 1.82) is 0 Å². The molecule has 4 rings (SSSR count). The molecule has 6 nitrogen and oxygen atoms in total. The summed E-state index contributed by atoms with van der Waals surface area (Å²) >= 11 is 11.0. The largest absolute Gasteiger partial charge is 0.421 e. The fourth-order valence-electron chi connectivity index (χ4n) is 2.81. The first-order valence-electron chi connectivity index (χ1n) is 8.50. The summed E-state index contributed by atoms with van der Waals surface area (Å²) in [5.74, 6) is -0.525. The minimum absolute atomic E-state index is 0.116. The summed E-state index contributed by atoms with van der Waals surface area (Å²) in [6.45, 7) is 0. The lowest BCUT2D eigenvalue weighted by molar-refractivity contribution is 0.103. The van der Waals surface area contributed by atoms with Crippen LogP contribution in [0, 0.1) is 0 Å². The molecular formula is C20H10Br3NO5S2. The van der Waals surface area contributed by atoms with Crippen molar-refractivity contribution in [3.63, 3.8) is 0 Å². The zero-order valence-electron chi connectivity index (χ0n) is 15.2. The van der Waals surface area contributed by atoms with Gasteiger partial charge in [-0.05, 0) is 86.5 Å². The molecule has 158 valence electrons. The third-order valence-corrected chi connectivity index (χ3v) is 8.75. The van der Waals surface area contributed by atoms with Gasteiger partial charge in [0, 0.05) is 21.1 Å². The standard InChI is InChI=1S/C20H10Br3NO5S2/c21-12-7-11-8-14(20(26)29-19(11)15(22)9-12)18(25)10-1-3-13(4-2-10)24-31(27,28)17-6-5-16(23)30-17/h1-9,24H. The van der Waals surface area contributed by atoms with E-state index in [0.717, 1.165) is 15.8 Å². The lowest BCUT2D eigenvalue weighted by Crippen LogP contribution is -2.15. The molecule has 4 aromatic rings. The van der Waals surface area contributed by atoms with Crippen molar-refractivity contribution in [2.75, 3.05) is 4.72 Å². The van der Waals surface area contributed by atoms with Crippen LogP contribution >= 0.6 is 59.1 Å². The maximum atomic E-state index is 12.9. The maximum Gasteiger partial charge on any atom is 0.347 e. The normalized spacial score (nSPS) is 11.6. The Morgan fingerprint density at radius 2 is 1.68 bits per heavy atom. The van der Waals surface area contributed by atoms with Crippen molar-refractivity contribution in [3.8, 4) is 0 Å². The Morgan fingerprint density at radius 1 is 0.968 bits per heavy atom. The fraction of sp³-hybridized carbons (Fsp3) is 0. The van der Waals surface area contributed by atoms with Gasteiger partial charge in [-0.15, -0.1) is 11.3 Å². The number of sulfonamides is 1. The van der Waals surface area contributed by atoms with E-state index in [9.17, 15) is 18.0 Å². The van der Waals surface area contributed by atoms with Crippen molar-refractivity contribution >= 4 is 91.6 Å². The second-order valence-corrected chi connectivity index (χ2v) is 12.5. The molecular weight excluding hydrogens is 638 g/mol. The Kier molecular flexibility index (Phi) is 6.23. The first-order chi connectivity index (χ1) is 14.6. The number of fused-ring (bicyclic) bond motifs is 1. The topological polar surface area (TPSA) is 93.4 Å². The summed E-state index contributed by atoms with van der Waals surface area (Å²) in [5.41, 5.74) is -0.0143. The fourth-order valence-corrected chi connectivity index (χ4v) is 7.22. The van der Waals surface area contributed by atoms with Crippen molar-refractivity contribution < 1.29 is 17.6 Å². The number of thiophene rings is 1. The van der Waals surface area contributed by atoms with Gasteiger partial charge in [0.05, 0.1) is 8.26 Å². The number of benzene rings is 2. The molecule has 0 amide bonds. The van der Waals surface area contributed by atoms with Crippen LogP contribution in [0.3, 0.4) is 0 Å². The number of hydrogen-bond acceptors (Lipinski definition) is 6. The summed E-state index contributed by atoms with van der Waals surface area (Å²) in [6, 6.07) is 13.9. The van der Waals surface area contributed by atoms with E-state index in [4.69, 9.17) is 4.42 Å². The summed E-state index contributed by atoms with van der Waals surface area (Å²) in [7, 11) is -3.74. The van der Waals surface area contributed by atoms with Crippen LogP contribution in [0.1, 0.15) is 15.9 Å². The van der Waals surface area contributed by atoms with Crippen LogP contribution in [0.25, 0.3) is 11.0 Å². The van der Waals surface area contributed by atoms with Gasteiger partial charge in [0.1, 0.15) is 9.77 Å². The van der Waals surface area contributed by atoms with Gasteiger partial charge in [0.25, 0.3) is 10.0 Å². The first kappa shape index (κ1) is 22.4. The molecule has 0 saturated carbocycles. The molecule has 0 fully saturated rings. The summed E-state index contributed by atoms with van der Waals surface area (Å²) in [4.78, 5) is 25.3. The number of nitrogens with one attached hydrogen (secondary N) is 1. The molecule has 0 saturated heterocycles. The molecule has 0 spiro atoms.